The molecule has 0 heterocycles. The fourth-order valence-corrected chi connectivity index (χ4v) is 4.05. The van der Waals surface area contributed by atoms with Gasteiger partial charge in [-0.2, -0.15) is 0 Å². The van der Waals surface area contributed by atoms with Gasteiger partial charge in [0.1, 0.15) is 5.75 Å². The van der Waals surface area contributed by atoms with Gasteiger partial charge >= 0.3 is 0 Å². The fraction of sp³-hybridized carbons (Fsp3) is 0.379. The summed E-state index contributed by atoms with van der Waals surface area (Å²) in [4.78, 5) is 0. The lowest BCUT2D eigenvalue weighted by atomic mass is 9.85. The lowest BCUT2D eigenvalue weighted by Crippen LogP contribution is -2.03. The van der Waals surface area contributed by atoms with Crippen LogP contribution in [0.25, 0.3) is 0 Å². The largest absolute Gasteiger partial charge is 0.494 e. The Labute approximate surface area is 183 Å². The Morgan fingerprint density at radius 2 is 1.00 bits per heavy atom. The summed E-state index contributed by atoms with van der Waals surface area (Å²) in [5.74, 6) is 1.22. The van der Waals surface area contributed by atoms with Gasteiger partial charge in [0.25, 0.3) is 0 Å². The third-order valence-electron chi connectivity index (χ3n) is 5.75. The summed E-state index contributed by atoms with van der Waals surface area (Å²) in [5.41, 5.74) is 3.93. The zero-order valence-corrected chi connectivity index (χ0v) is 18.4. The van der Waals surface area contributed by atoms with Crippen molar-refractivity contribution in [1.82, 2.24) is 0 Å². The Balaban J connectivity index is 1.52. The minimum Gasteiger partial charge on any atom is -0.494 e. The van der Waals surface area contributed by atoms with Gasteiger partial charge in [0.2, 0.25) is 0 Å². The number of rotatable bonds is 13. The number of benzene rings is 3. The van der Waals surface area contributed by atoms with E-state index in [4.69, 9.17) is 4.74 Å². The molecule has 0 aliphatic heterocycles. The summed E-state index contributed by atoms with van der Waals surface area (Å²) >= 11 is 0. The predicted molar refractivity (Wildman–Crippen MR) is 128 cm³/mol. The van der Waals surface area contributed by atoms with Gasteiger partial charge in [0.15, 0.2) is 0 Å². The maximum Gasteiger partial charge on any atom is 0.119 e. The van der Waals surface area contributed by atoms with Crippen LogP contribution in [0.2, 0.25) is 0 Å². The highest BCUT2D eigenvalue weighted by atomic mass is 16.5. The summed E-state index contributed by atoms with van der Waals surface area (Å²) in [7, 11) is 0. The van der Waals surface area contributed by atoms with Crippen LogP contribution in [-0.2, 0) is 0 Å². The summed E-state index contributed by atoms with van der Waals surface area (Å²) in [6.07, 6.45) is 10.6. The molecule has 0 fully saturated rings. The number of hydrogen-bond donors (Lipinski definition) is 0. The normalized spacial score (nSPS) is 11.0. The molecule has 0 aliphatic carbocycles. The molecule has 3 aromatic carbocycles. The van der Waals surface area contributed by atoms with Crippen LogP contribution in [0.5, 0.6) is 5.75 Å². The summed E-state index contributed by atoms with van der Waals surface area (Å²) in [6, 6.07) is 30.2. The topological polar surface area (TPSA) is 9.23 Å². The molecule has 0 N–H and O–H groups in total. The smallest absolute Gasteiger partial charge is 0.119 e. The number of hydrogen-bond acceptors (Lipinski definition) is 1. The minimum atomic E-state index is 0.245. The second-order valence-electron chi connectivity index (χ2n) is 8.15. The molecule has 1 heteroatoms. The van der Waals surface area contributed by atoms with Gasteiger partial charge in [-0.05, 0) is 35.2 Å². The van der Waals surface area contributed by atoms with Gasteiger partial charge in [-0.3, -0.25) is 0 Å². The minimum absolute atomic E-state index is 0.245. The van der Waals surface area contributed by atoms with Crippen LogP contribution in [0.4, 0.5) is 0 Å². The van der Waals surface area contributed by atoms with E-state index < -0.39 is 0 Å². The molecule has 3 rings (SSSR count). The molecule has 0 aliphatic rings. The molecule has 0 bridgehead atoms. The highest BCUT2D eigenvalue weighted by molar-refractivity contribution is 5.44. The summed E-state index contributed by atoms with van der Waals surface area (Å²) in [6.45, 7) is 3.09. The van der Waals surface area contributed by atoms with E-state index in [0.717, 1.165) is 18.8 Å². The first-order valence-corrected chi connectivity index (χ1v) is 11.7. The van der Waals surface area contributed by atoms with Gasteiger partial charge in [0, 0.05) is 5.92 Å². The highest BCUT2D eigenvalue weighted by Gasteiger charge is 2.16. The van der Waals surface area contributed by atoms with Crippen LogP contribution < -0.4 is 4.74 Å². The molecule has 0 spiro atoms. The van der Waals surface area contributed by atoms with Crippen molar-refractivity contribution < 1.29 is 4.74 Å². The molecule has 0 amide bonds. The molecule has 0 aromatic heterocycles. The molecule has 3 aromatic rings. The molecule has 0 radical (unpaired) electrons. The highest BCUT2D eigenvalue weighted by Crippen LogP contribution is 2.32. The van der Waals surface area contributed by atoms with Crippen LogP contribution >= 0.6 is 0 Å². The number of unbranched alkanes of at least 4 members (excludes halogenated alkanes) is 7. The van der Waals surface area contributed by atoms with Crippen molar-refractivity contribution in [3.8, 4) is 5.75 Å². The van der Waals surface area contributed by atoms with E-state index in [9.17, 15) is 0 Å². The Bertz CT molecular complexity index is 769. The first kappa shape index (κ1) is 22.2. The van der Waals surface area contributed by atoms with Gasteiger partial charge in [-0.1, -0.05) is 125 Å². The SMILES string of the molecule is CCCCCCCCCCOc1ccc(C(c2ccccc2)c2ccccc2)cc1. The first-order valence-electron chi connectivity index (χ1n) is 11.7. The van der Waals surface area contributed by atoms with Gasteiger partial charge in [-0.25, -0.2) is 0 Å². The second kappa shape index (κ2) is 12.9. The molecule has 0 saturated carbocycles. The molecular weight excluding hydrogens is 364 g/mol. The van der Waals surface area contributed by atoms with Crippen molar-refractivity contribution in [1.29, 1.82) is 0 Å². The average Bonchev–Trinajstić information content (AvgIpc) is 2.81. The Morgan fingerprint density at radius 3 is 1.53 bits per heavy atom. The van der Waals surface area contributed by atoms with Gasteiger partial charge in [-0.15, -0.1) is 0 Å². The van der Waals surface area contributed by atoms with Crippen molar-refractivity contribution in [2.45, 2.75) is 64.2 Å². The van der Waals surface area contributed by atoms with Crippen molar-refractivity contribution in [3.05, 3.63) is 102 Å². The van der Waals surface area contributed by atoms with E-state index in [2.05, 4.69) is 91.9 Å². The monoisotopic (exact) mass is 400 g/mol. The molecule has 0 unspecified atom stereocenters. The third-order valence-corrected chi connectivity index (χ3v) is 5.75. The zero-order valence-electron chi connectivity index (χ0n) is 18.4. The van der Waals surface area contributed by atoms with Gasteiger partial charge < -0.3 is 4.74 Å². The van der Waals surface area contributed by atoms with E-state index in [1.54, 1.807) is 0 Å². The van der Waals surface area contributed by atoms with Crippen LogP contribution in [0.3, 0.4) is 0 Å². The van der Waals surface area contributed by atoms with E-state index in [1.807, 2.05) is 0 Å². The zero-order chi connectivity index (χ0) is 20.9. The van der Waals surface area contributed by atoms with Crippen molar-refractivity contribution in [3.63, 3.8) is 0 Å². The Hall–Kier alpha value is -2.54. The molecule has 30 heavy (non-hydrogen) atoms. The lowest BCUT2D eigenvalue weighted by Gasteiger charge is -2.19. The maximum absolute atomic E-state index is 6.00. The van der Waals surface area contributed by atoms with Crippen LogP contribution in [0, 0.1) is 0 Å². The molecule has 1 nitrogen and oxygen atoms in total. The van der Waals surface area contributed by atoms with Crippen LogP contribution in [-0.4, -0.2) is 6.61 Å². The maximum atomic E-state index is 6.00. The standard InChI is InChI=1S/C29H36O/c1-2-3-4-5-6-7-8-15-24-30-28-22-20-27(21-23-28)29(25-16-11-9-12-17-25)26-18-13-10-14-19-26/h9-14,16-23,29H,2-8,15,24H2,1H3. The van der Waals surface area contributed by atoms with E-state index in [1.165, 1.54) is 61.6 Å². The third kappa shape index (κ3) is 7.06. The second-order valence-corrected chi connectivity index (χ2v) is 8.15. The quantitative estimate of drug-likeness (QED) is 0.207. The fourth-order valence-electron chi connectivity index (χ4n) is 4.05. The average molecular weight is 401 g/mol. The summed E-state index contributed by atoms with van der Waals surface area (Å²) < 4.78 is 6.00. The van der Waals surface area contributed by atoms with E-state index in [-0.39, 0.29) is 5.92 Å². The van der Waals surface area contributed by atoms with E-state index >= 15 is 0 Å². The molecule has 158 valence electrons. The van der Waals surface area contributed by atoms with Crippen molar-refractivity contribution in [2.24, 2.45) is 0 Å². The van der Waals surface area contributed by atoms with Crippen LogP contribution in [0.1, 0.15) is 80.9 Å². The van der Waals surface area contributed by atoms with Gasteiger partial charge in [0.05, 0.1) is 6.61 Å². The predicted octanol–water partition coefficient (Wildman–Crippen LogP) is 8.39. The molecule has 0 atom stereocenters. The van der Waals surface area contributed by atoms with Crippen molar-refractivity contribution in [2.75, 3.05) is 6.61 Å². The van der Waals surface area contributed by atoms with E-state index in [0.29, 0.717) is 0 Å². The summed E-state index contributed by atoms with van der Waals surface area (Å²) in [5, 5.41) is 0. The molecule has 0 saturated heterocycles. The van der Waals surface area contributed by atoms with Crippen molar-refractivity contribution >= 4 is 0 Å². The first-order chi connectivity index (χ1) is 14.9. The molecular formula is C29H36O. The number of ether oxygens (including phenoxy) is 1. The Kier molecular flexibility index (Phi) is 9.53. The Morgan fingerprint density at radius 1 is 0.533 bits per heavy atom. The van der Waals surface area contributed by atoms with Crippen LogP contribution in [0.15, 0.2) is 84.9 Å². The lowest BCUT2D eigenvalue weighted by molar-refractivity contribution is 0.304.